The van der Waals surface area contributed by atoms with E-state index in [1.54, 1.807) is 12.1 Å². The summed E-state index contributed by atoms with van der Waals surface area (Å²) in [5.41, 5.74) is 1.46. The Morgan fingerprint density at radius 1 is 0.808 bits per heavy atom. The highest BCUT2D eigenvalue weighted by Crippen LogP contribution is 2.27. The van der Waals surface area contributed by atoms with Gasteiger partial charge in [0.05, 0.1) is 19.8 Å². The van der Waals surface area contributed by atoms with Gasteiger partial charge in [0.2, 0.25) is 23.5 Å². The van der Waals surface area contributed by atoms with Crippen LogP contribution in [0.3, 0.4) is 0 Å². The number of cyclic esters (lactones) is 1. The lowest BCUT2D eigenvalue weighted by Gasteiger charge is -2.31. The van der Waals surface area contributed by atoms with E-state index in [2.05, 4.69) is 31.9 Å². The van der Waals surface area contributed by atoms with Crippen LogP contribution in [0.15, 0.2) is 54.6 Å². The molecule has 14 nitrogen and oxygen atoms in total. The zero-order valence-electron chi connectivity index (χ0n) is 29.9. The molecule has 14 heteroatoms. The monoisotopic (exact) mass is 720 g/mol. The SMILES string of the molecule is CNC(=O)[C@@H](NCCNC(=O)C(=O)CNC(=O)C1Cc2cccc(c2)OCCCCCCOC(=O)NC(C2CCCCC2)C(=O)N1)c1ccccc1. The fourth-order valence-corrected chi connectivity index (χ4v) is 6.43. The second kappa shape index (κ2) is 21.4. The van der Waals surface area contributed by atoms with Gasteiger partial charge in [-0.15, -0.1) is 0 Å². The number of ketones is 1. The van der Waals surface area contributed by atoms with Crippen LogP contribution in [0.4, 0.5) is 4.79 Å². The van der Waals surface area contributed by atoms with E-state index in [1.807, 2.05) is 42.5 Å². The number of ether oxygens (including phenoxy) is 2. The van der Waals surface area contributed by atoms with Crippen molar-refractivity contribution in [1.82, 2.24) is 31.9 Å². The highest BCUT2D eigenvalue weighted by Gasteiger charge is 2.34. The second-order valence-electron chi connectivity index (χ2n) is 13.1. The first-order valence-corrected chi connectivity index (χ1v) is 18.3. The zero-order valence-corrected chi connectivity index (χ0v) is 29.9. The van der Waals surface area contributed by atoms with Crippen molar-refractivity contribution >= 4 is 35.5 Å². The van der Waals surface area contributed by atoms with Crippen molar-refractivity contribution in [1.29, 1.82) is 0 Å². The molecule has 2 aliphatic rings. The molecular weight excluding hydrogens is 668 g/mol. The van der Waals surface area contributed by atoms with E-state index in [0.717, 1.165) is 56.9 Å². The Morgan fingerprint density at radius 3 is 2.25 bits per heavy atom. The third-order valence-electron chi connectivity index (χ3n) is 9.27. The molecule has 0 saturated heterocycles. The molecule has 0 radical (unpaired) electrons. The van der Waals surface area contributed by atoms with Crippen LogP contribution in [0, 0.1) is 5.92 Å². The summed E-state index contributed by atoms with van der Waals surface area (Å²) in [6.07, 6.45) is 7.04. The molecule has 1 aliphatic heterocycles. The topological polar surface area (TPSA) is 193 Å². The van der Waals surface area contributed by atoms with Crippen LogP contribution in [-0.4, -0.2) is 87.5 Å². The summed E-state index contributed by atoms with van der Waals surface area (Å²) in [6, 6.07) is 13.6. The molecule has 3 atom stereocenters. The van der Waals surface area contributed by atoms with Crippen LogP contribution >= 0.6 is 0 Å². The van der Waals surface area contributed by atoms with Crippen molar-refractivity contribution < 1.29 is 38.2 Å². The molecule has 0 aromatic heterocycles. The average molecular weight is 721 g/mol. The highest BCUT2D eigenvalue weighted by atomic mass is 16.5. The van der Waals surface area contributed by atoms with E-state index in [-0.39, 0.29) is 37.9 Å². The number of carbonyl (C=O) groups is 6. The van der Waals surface area contributed by atoms with Crippen LogP contribution in [-0.2, 0) is 35.1 Å². The summed E-state index contributed by atoms with van der Waals surface area (Å²) in [7, 11) is 1.53. The molecule has 2 aromatic rings. The van der Waals surface area contributed by atoms with Crippen LogP contribution < -0.4 is 36.6 Å². The molecule has 5 amide bonds. The van der Waals surface area contributed by atoms with Crippen LogP contribution in [0.1, 0.15) is 75.0 Å². The zero-order chi connectivity index (χ0) is 37.1. The highest BCUT2D eigenvalue weighted by molar-refractivity contribution is 6.37. The standard InChI is InChI=1S/C38H52N6O8/c1-39-36(48)32(27-14-6-4-7-15-27)40-19-20-41-35(47)31(45)25-42-34(46)30-24-26-13-12-18-29(23-26)51-21-10-2-3-11-22-52-38(50)44-33(37(49)43-30)28-16-8-5-9-17-28/h4,6-7,12-15,18,23,28,30,32-33,40H,2-3,5,8-11,16-17,19-22,24-25H2,1H3,(H,39,48)(H,41,47)(H,42,46)(H,43,49)(H,44,50)/t30?,32-,33?/m0/s1. The normalized spacial score (nSPS) is 19.9. The number of nitrogens with one attached hydrogen (secondary N) is 6. The summed E-state index contributed by atoms with van der Waals surface area (Å²) >= 11 is 0. The number of amides is 5. The first kappa shape index (κ1) is 39.8. The number of fused-ring (bicyclic) bond motifs is 2. The van der Waals surface area contributed by atoms with Crippen molar-refractivity contribution in [3.8, 4) is 5.75 Å². The smallest absolute Gasteiger partial charge is 0.407 e. The van der Waals surface area contributed by atoms with Gasteiger partial charge in [0, 0.05) is 26.6 Å². The first-order valence-electron chi connectivity index (χ1n) is 18.3. The summed E-state index contributed by atoms with van der Waals surface area (Å²) in [4.78, 5) is 78.0. The Balaban J connectivity index is 1.40. The maximum Gasteiger partial charge on any atom is 0.407 e. The molecule has 282 valence electrons. The van der Waals surface area contributed by atoms with Gasteiger partial charge in [0.1, 0.15) is 23.9 Å². The van der Waals surface area contributed by atoms with Crippen LogP contribution in [0.25, 0.3) is 0 Å². The Morgan fingerprint density at radius 2 is 1.52 bits per heavy atom. The number of rotatable bonds is 11. The lowest BCUT2D eigenvalue weighted by atomic mass is 9.83. The number of hydrogen-bond donors (Lipinski definition) is 6. The molecule has 1 fully saturated rings. The van der Waals surface area contributed by atoms with Gasteiger partial charge in [0.15, 0.2) is 0 Å². The number of hydrogen-bond acceptors (Lipinski definition) is 9. The van der Waals surface area contributed by atoms with Crippen LogP contribution in [0.2, 0.25) is 0 Å². The fourth-order valence-electron chi connectivity index (χ4n) is 6.43. The molecular formula is C38H52N6O8. The van der Waals surface area contributed by atoms with E-state index >= 15 is 0 Å². The summed E-state index contributed by atoms with van der Waals surface area (Å²) in [6.45, 7) is 0.361. The van der Waals surface area contributed by atoms with E-state index < -0.39 is 54.3 Å². The molecule has 1 heterocycles. The van der Waals surface area contributed by atoms with Gasteiger partial charge in [-0.2, -0.15) is 0 Å². The minimum absolute atomic E-state index is 0.0495. The minimum Gasteiger partial charge on any atom is -0.494 e. The van der Waals surface area contributed by atoms with Crippen LogP contribution in [0.5, 0.6) is 5.75 Å². The number of Topliss-reactive ketones (excluding diaryl/α,β-unsaturated/α-hetero) is 1. The van der Waals surface area contributed by atoms with E-state index in [4.69, 9.17) is 9.47 Å². The van der Waals surface area contributed by atoms with Crippen molar-refractivity contribution in [2.75, 3.05) is 39.9 Å². The van der Waals surface area contributed by atoms with Crippen molar-refractivity contribution in [2.24, 2.45) is 5.92 Å². The van der Waals surface area contributed by atoms with Gasteiger partial charge in [0.25, 0.3) is 5.91 Å². The Bertz CT molecular complexity index is 1500. The predicted molar refractivity (Wildman–Crippen MR) is 193 cm³/mol. The second-order valence-corrected chi connectivity index (χ2v) is 13.1. The molecule has 2 bridgehead atoms. The molecule has 2 unspecified atom stereocenters. The molecule has 6 N–H and O–H groups in total. The van der Waals surface area contributed by atoms with E-state index in [1.165, 1.54) is 7.05 Å². The lowest BCUT2D eigenvalue weighted by molar-refractivity contribution is -0.138. The largest absolute Gasteiger partial charge is 0.494 e. The third kappa shape index (κ3) is 13.0. The average Bonchev–Trinajstić information content (AvgIpc) is 3.16. The molecule has 52 heavy (non-hydrogen) atoms. The van der Waals surface area contributed by atoms with Gasteiger partial charge >= 0.3 is 6.09 Å². The fraction of sp³-hybridized carbons (Fsp3) is 0.526. The van der Waals surface area contributed by atoms with Gasteiger partial charge in [-0.1, -0.05) is 61.7 Å². The van der Waals surface area contributed by atoms with Gasteiger partial charge < -0.3 is 41.4 Å². The lowest BCUT2D eigenvalue weighted by Crippen LogP contribution is -2.57. The van der Waals surface area contributed by atoms with E-state index in [9.17, 15) is 28.8 Å². The van der Waals surface area contributed by atoms with Gasteiger partial charge in [-0.05, 0) is 67.7 Å². The summed E-state index contributed by atoms with van der Waals surface area (Å²) < 4.78 is 11.3. The number of alkyl carbamates (subject to hydrolysis) is 1. The number of likely N-dealkylation sites (N-methyl/N-ethyl adjacent to an activating group) is 1. The van der Waals surface area contributed by atoms with Crippen molar-refractivity contribution in [3.05, 3.63) is 65.7 Å². The maximum atomic E-state index is 13.8. The molecule has 4 rings (SSSR count). The van der Waals surface area contributed by atoms with Gasteiger partial charge in [-0.3, -0.25) is 24.0 Å². The Labute approximate surface area is 304 Å². The molecule has 1 aliphatic carbocycles. The summed E-state index contributed by atoms with van der Waals surface area (Å²) in [5.74, 6) is -2.74. The Hall–Kier alpha value is -4.98. The Kier molecular flexibility index (Phi) is 16.4. The maximum absolute atomic E-state index is 13.8. The minimum atomic E-state index is -1.13. The van der Waals surface area contributed by atoms with E-state index in [0.29, 0.717) is 24.3 Å². The summed E-state index contributed by atoms with van der Waals surface area (Å²) in [5, 5.41) is 16.3. The van der Waals surface area contributed by atoms with Crippen molar-refractivity contribution in [3.63, 3.8) is 0 Å². The van der Waals surface area contributed by atoms with Gasteiger partial charge in [-0.25, -0.2) is 4.79 Å². The predicted octanol–water partition coefficient (Wildman–Crippen LogP) is 2.22. The quantitative estimate of drug-likeness (QED) is 0.149. The molecule has 1 saturated carbocycles. The molecule has 2 aromatic carbocycles. The third-order valence-corrected chi connectivity index (χ3v) is 9.27. The first-order chi connectivity index (χ1) is 25.2. The molecule has 0 spiro atoms. The van der Waals surface area contributed by atoms with Crippen molar-refractivity contribution in [2.45, 2.75) is 82.3 Å². The number of benzene rings is 2. The number of carbonyl (C=O) groups excluding carboxylic acids is 6.